The molecular weight excluding hydrogens is 354 g/mol. The zero-order valence-corrected chi connectivity index (χ0v) is 13.7. The predicted molar refractivity (Wildman–Crippen MR) is 95.0 cm³/mol. The number of nitro groups is 1. The molecule has 1 heterocycles. The average molecular weight is 367 g/mol. The van der Waals surface area contributed by atoms with Crippen molar-refractivity contribution in [2.24, 2.45) is 16.1 Å². The Kier molecular flexibility index (Phi) is 4.75. The summed E-state index contributed by atoms with van der Waals surface area (Å²) in [5, 5.41) is 37.9. The second-order valence-corrected chi connectivity index (χ2v) is 5.79. The standard InChI is InChI=1S/C18H13N3O6/c22-17(23)14-13(11-7-4-8-12(9-11)21(26)27)16(18(24)25)20-19-15(14)10-5-2-1-3-6-10/h1-9,13-14H,(H,22,23)(H,24,25). The lowest BCUT2D eigenvalue weighted by atomic mass is 9.77. The van der Waals surface area contributed by atoms with Gasteiger partial charge in [-0.1, -0.05) is 42.5 Å². The van der Waals surface area contributed by atoms with Gasteiger partial charge < -0.3 is 10.2 Å². The summed E-state index contributed by atoms with van der Waals surface area (Å²) in [5.41, 5.74) is -0.0214. The number of benzene rings is 2. The minimum Gasteiger partial charge on any atom is -0.481 e. The van der Waals surface area contributed by atoms with Crippen LogP contribution in [0.3, 0.4) is 0 Å². The Morgan fingerprint density at radius 1 is 1.00 bits per heavy atom. The highest BCUT2D eigenvalue weighted by Gasteiger charge is 2.43. The number of aliphatic carboxylic acids is 2. The number of carboxylic acid groups (broad SMARTS) is 2. The molecule has 0 aliphatic carbocycles. The van der Waals surface area contributed by atoms with Gasteiger partial charge in [0.25, 0.3) is 5.69 Å². The molecule has 1 aliphatic rings. The Morgan fingerprint density at radius 2 is 1.70 bits per heavy atom. The summed E-state index contributed by atoms with van der Waals surface area (Å²) in [5.74, 6) is -5.33. The molecule has 2 atom stereocenters. The molecule has 2 aromatic carbocycles. The number of carboxylic acids is 2. The third-order valence-electron chi connectivity index (χ3n) is 4.18. The van der Waals surface area contributed by atoms with E-state index in [4.69, 9.17) is 0 Å². The molecule has 27 heavy (non-hydrogen) atoms. The van der Waals surface area contributed by atoms with E-state index in [-0.39, 0.29) is 17.0 Å². The third-order valence-corrected chi connectivity index (χ3v) is 4.18. The SMILES string of the molecule is O=C(O)C1=NN=C(c2ccccc2)C(C(=O)O)C1c1cccc([N+](=O)[O-])c1. The van der Waals surface area contributed by atoms with Gasteiger partial charge in [-0.3, -0.25) is 14.9 Å². The van der Waals surface area contributed by atoms with E-state index in [1.165, 1.54) is 18.2 Å². The molecule has 3 rings (SSSR count). The lowest BCUT2D eigenvalue weighted by Crippen LogP contribution is -2.40. The van der Waals surface area contributed by atoms with E-state index < -0.39 is 34.4 Å². The highest BCUT2D eigenvalue weighted by Crippen LogP contribution is 2.34. The normalized spacial score (nSPS) is 19.0. The van der Waals surface area contributed by atoms with Gasteiger partial charge in [0.2, 0.25) is 0 Å². The maximum Gasteiger partial charge on any atom is 0.352 e. The number of nitro benzene ring substituents is 1. The number of hydrogen-bond donors (Lipinski definition) is 2. The van der Waals surface area contributed by atoms with E-state index in [1.807, 2.05) is 0 Å². The fourth-order valence-corrected chi connectivity index (χ4v) is 3.01. The number of nitrogens with zero attached hydrogens (tertiary/aromatic N) is 3. The molecule has 0 spiro atoms. The fraction of sp³-hybridized carbons (Fsp3) is 0.111. The molecule has 2 unspecified atom stereocenters. The summed E-state index contributed by atoms with van der Waals surface area (Å²) in [4.78, 5) is 34.1. The van der Waals surface area contributed by atoms with Crippen LogP contribution in [0.4, 0.5) is 5.69 Å². The predicted octanol–water partition coefficient (Wildman–Crippen LogP) is 2.32. The first-order valence-electron chi connectivity index (χ1n) is 7.81. The van der Waals surface area contributed by atoms with E-state index in [2.05, 4.69) is 10.2 Å². The minimum absolute atomic E-state index is 0.0876. The summed E-state index contributed by atoms with van der Waals surface area (Å²) >= 11 is 0. The Balaban J connectivity index is 2.20. The van der Waals surface area contributed by atoms with Gasteiger partial charge in [0.15, 0.2) is 5.71 Å². The maximum atomic E-state index is 12.0. The van der Waals surface area contributed by atoms with Crippen LogP contribution in [0.1, 0.15) is 17.0 Å². The van der Waals surface area contributed by atoms with Crippen molar-refractivity contribution in [3.05, 3.63) is 75.8 Å². The maximum absolute atomic E-state index is 12.0. The number of non-ortho nitro benzene ring substituents is 1. The van der Waals surface area contributed by atoms with Crippen LogP contribution >= 0.6 is 0 Å². The van der Waals surface area contributed by atoms with E-state index in [0.29, 0.717) is 5.56 Å². The first-order valence-corrected chi connectivity index (χ1v) is 7.81. The van der Waals surface area contributed by atoms with Gasteiger partial charge in [-0.05, 0) is 11.1 Å². The van der Waals surface area contributed by atoms with Crippen molar-refractivity contribution in [3.63, 3.8) is 0 Å². The monoisotopic (exact) mass is 367 g/mol. The molecule has 0 fully saturated rings. The highest BCUT2D eigenvalue weighted by molar-refractivity contribution is 6.40. The smallest absolute Gasteiger partial charge is 0.352 e. The van der Waals surface area contributed by atoms with Crippen molar-refractivity contribution < 1.29 is 24.7 Å². The second-order valence-electron chi connectivity index (χ2n) is 5.79. The van der Waals surface area contributed by atoms with Crippen molar-refractivity contribution in [2.75, 3.05) is 0 Å². The lowest BCUT2D eigenvalue weighted by molar-refractivity contribution is -0.384. The lowest BCUT2D eigenvalue weighted by Gasteiger charge is -2.27. The van der Waals surface area contributed by atoms with Gasteiger partial charge >= 0.3 is 11.9 Å². The summed E-state index contributed by atoms with van der Waals surface area (Å²) < 4.78 is 0. The van der Waals surface area contributed by atoms with Crippen molar-refractivity contribution in [2.45, 2.75) is 5.92 Å². The van der Waals surface area contributed by atoms with Crippen LogP contribution in [-0.4, -0.2) is 38.5 Å². The Hall–Kier alpha value is -3.88. The zero-order valence-electron chi connectivity index (χ0n) is 13.7. The first kappa shape index (κ1) is 17.9. The zero-order chi connectivity index (χ0) is 19.6. The molecule has 0 saturated heterocycles. The van der Waals surface area contributed by atoms with Crippen LogP contribution in [0.25, 0.3) is 0 Å². The van der Waals surface area contributed by atoms with Gasteiger partial charge in [-0.15, -0.1) is 5.10 Å². The highest BCUT2D eigenvalue weighted by atomic mass is 16.6. The molecule has 9 nitrogen and oxygen atoms in total. The molecule has 2 aromatic rings. The molecule has 0 radical (unpaired) electrons. The van der Waals surface area contributed by atoms with Crippen molar-refractivity contribution in [1.82, 2.24) is 0 Å². The van der Waals surface area contributed by atoms with E-state index in [1.54, 1.807) is 30.3 Å². The second kappa shape index (κ2) is 7.16. The van der Waals surface area contributed by atoms with Crippen LogP contribution in [0.5, 0.6) is 0 Å². The van der Waals surface area contributed by atoms with Crippen LogP contribution in [0.15, 0.2) is 64.8 Å². The molecule has 0 amide bonds. The molecule has 0 saturated carbocycles. The number of carbonyl (C=O) groups is 2. The van der Waals surface area contributed by atoms with E-state index in [9.17, 15) is 29.9 Å². The molecule has 0 aromatic heterocycles. The third kappa shape index (κ3) is 3.43. The quantitative estimate of drug-likeness (QED) is 0.613. The van der Waals surface area contributed by atoms with Crippen LogP contribution < -0.4 is 0 Å². The van der Waals surface area contributed by atoms with Gasteiger partial charge in [0.1, 0.15) is 5.92 Å². The first-order chi connectivity index (χ1) is 12.9. The van der Waals surface area contributed by atoms with Gasteiger partial charge in [-0.2, -0.15) is 5.10 Å². The average Bonchev–Trinajstić information content (AvgIpc) is 2.67. The van der Waals surface area contributed by atoms with Crippen molar-refractivity contribution in [3.8, 4) is 0 Å². The fourth-order valence-electron chi connectivity index (χ4n) is 3.01. The summed E-state index contributed by atoms with van der Waals surface area (Å²) in [6, 6.07) is 13.6. The molecule has 1 aliphatic heterocycles. The van der Waals surface area contributed by atoms with Crippen LogP contribution in [0, 0.1) is 16.0 Å². The Bertz CT molecular complexity index is 984. The largest absolute Gasteiger partial charge is 0.481 e. The molecule has 9 heteroatoms. The van der Waals surface area contributed by atoms with Crippen LogP contribution in [0.2, 0.25) is 0 Å². The van der Waals surface area contributed by atoms with E-state index >= 15 is 0 Å². The topological polar surface area (TPSA) is 142 Å². The molecule has 2 N–H and O–H groups in total. The van der Waals surface area contributed by atoms with Crippen LogP contribution in [-0.2, 0) is 9.59 Å². The van der Waals surface area contributed by atoms with Gasteiger partial charge in [-0.25, -0.2) is 4.79 Å². The Morgan fingerprint density at radius 3 is 2.30 bits per heavy atom. The summed E-state index contributed by atoms with van der Waals surface area (Å²) in [6.07, 6.45) is 0. The molecule has 136 valence electrons. The molecular formula is C18H13N3O6. The minimum atomic E-state index is -1.44. The summed E-state index contributed by atoms with van der Waals surface area (Å²) in [6.45, 7) is 0. The van der Waals surface area contributed by atoms with Crippen molar-refractivity contribution >= 4 is 29.0 Å². The Labute approximate surface area is 152 Å². The van der Waals surface area contributed by atoms with Gasteiger partial charge in [0.05, 0.1) is 16.6 Å². The van der Waals surface area contributed by atoms with Gasteiger partial charge in [0, 0.05) is 12.1 Å². The number of hydrogen-bond acceptors (Lipinski definition) is 6. The van der Waals surface area contributed by atoms with E-state index in [0.717, 1.165) is 6.07 Å². The summed E-state index contributed by atoms with van der Waals surface area (Å²) in [7, 11) is 0. The number of rotatable bonds is 5. The van der Waals surface area contributed by atoms with Crippen molar-refractivity contribution in [1.29, 1.82) is 0 Å². The molecule has 0 bridgehead atoms.